The number of aromatic nitrogens is 1. The number of nitrogens with zero attached hydrogens (tertiary/aromatic N) is 1. The first-order valence-corrected chi connectivity index (χ1v) is 6.75. The third-order valence-corrected chi connectivity index (χ3v) is 4.00. The average molecular weight is 287 g/mol. The Morgan fingerprint density at radius 1 is 1.14 bits per heavy atom. The van der Waals surface area contributed by atoms with Crippen LogP contribution in [0.2, 0.25) is 0 Å². The average Bonchev–Trinajstić information content (AvgIpc) is 2.49. The van der Waals surface area contributed by atoms with Crippen LogP contribution in [-0.2, 0) is 13.0 Å². The van der Waals surface area contributed by atoms with Crippen molar-refractivity contribution < 1.29 is 14.6 Å². The Kier molecular flexibility index (Phi) is 3.12. The fraction of sp³-hybridized carbons (Fsp3) is 0.312. The number of ether oxygens (including phenoxy) is 2. The van der Waals surface area contributed by atoms with Gasteiger partial charge in [0.15, 0.2) is 11.5 Å². The Bertz CT molecular complexity index is 777. The van der Waals surface area contributed by atoms with Gasteiger partial charge in [0.25, 0.3) is 5.56 Å². The number of pyridine rings is 1. The molecule has 0 amide bonds. The van der Waals surface area contributed by atoms with Crippen LogP contribution in [0, 0.1) is 6.92 Å². The monoisotopic (exact) mass is 287 g/mol. The lowest BCUT2D eigenvalue weighted by Crippen LogP contribution is -2.26. The molecule has 0 fully saturated rings. The van der Waals surface area contributed by atoms with E-state index in [2.05, 4.69) is 0 Å². The fourth-order valence-corrected chi connectivity index (χ4v) is 2.94. The van der Waals surface area contributed by atoms with Crippen molar-refractivity contribution in [1.29, 1.82) is 0 Å². The third kappa shape index (κ3) is 1.96. The Morgan fingerprint density at radius 3 is 2.52 bits per heavy atom. The minimum atomic E-state index is -0.0786. The van der Waals surface area contributed by atoms with Crippen LogP contribution in [0.3, 0.4) is 0 Å². The van der Waals surface area contributed by atoms with Gasteiger partial charge in [-0.1, -0.05) is 0 Å². The molecule has 110 valence electrons. The maximum atomic E-state index is 12.2. The van der Waals surface area contributed by atoms with Crippen LogP contribution >= 0.6 is 0 Å². The van der Waals surface area contributed by atoms with Gasteiger partial charge in [0.2, 0.25) is 0 Å². The zero-order chi connectivity index (χ0) is 15.1. The van der Waals surface area contributed by atoms with E-state index in [1.54, 1.807) is 23.8 Å². The molecule has 1 N–H and O–H groups in total. The van der Waals surface area contributed by atoms with E-state index in [9.17, 15) is 9.90 Å². The van der Waals surface area contributed by atoms with Gasteiger partial charge in [0, 0.05) is 23.7 Å². The van der Waals surface area contributed by atoms with Crippen molar-refractivity contribution in [2.75, 3.05) is 14.2 Å². The molecule has 1 aromatic heterocycles. The van der Waals surface area contributed by atoms with E-state index >= 15 is 0 Å². The molecular formula is C16H17NO4. The minimum Gasteiger partial charge on any atom is -0.504 e. The molecule has 0 unspecified atom stereocenters. The Morgan fingerprint density at radius 2 is 1.86 bits per heavy atom. The summed E-state index contributed by atoms with van der Waals surface area (Å²) in [7, 11) is 3.07. The summed E-state index contributed by atoms with van der Waals surface area (Å²) in [5, 5.41) is 9.92. The number of fused-ring (bicyclic) bond motifs is 3. The molecule has 1 aliphatic rings. The normalized spacial score (nSPS) is 12.5. The number of rotatable bonds is 2. The molecule has 0 aliphatic carbocycles. The van der Waals surface area contributed by atoms with Crippen molar-refractivity contribution in [2.24, 2.45) is 0 Å². The van der Waals surface area contributed by atoms with Gasteiger partial charge in [-0.2, -0.15) is 0 Å². The molecule has 0 bridgehead atoms. The maximum Gasteiger partial charge on any atom is 0.254 e. The number of aryl methyl sites for hydroxylation is 1. The SMILES string of the molecule is COc1cc2c(cc1O)CCn1c-2c(C)c(OC)cc1=O. The second kappa shape index (κ2) is 4.84. The first-order chi connectivity index (χ1) is 10.1. The lowest BCUT2D eigenvalue weighted by atomic mass is 9.94. The fourth-order valence-electron chi connectivity index (χ4n) is 2.94. The van der Waals surface area contributed by atoms with Gasteiger partial charge in [-0.05, 0) is 31.0 Å². The van der Waals surface area contributed by atoms with Crippen LogP contribution < -0.4 is 15.0 Å². The number of phenols is 1. The first kappa shape index (κ1) is 13.5. The molecule has 2 heterocycles. The zero-order valence-corrected chi connectivity index (χ0v) is 12.3. The molecule has 1 aliphatic heterocycles. The minimum absolute atomic E-state index is 0.0786. The van der Waals surface area contributed by atoms with Gasteiger partial charge >= 0.3 is 0 Å². The first-order valence-electron chi connectivity index (χ1n) is 6.75. The molecule has 1 aromatic carbocycles. The van der Waals surface area contributed by atoms with Crippen molar-refractivity contribution >= 4 is 0 Å². The van der Waals surface area contributed by atoms with E-state index in [4.69, 9.17) is 9.47 Å². The van der Waals surface area contributed by atoms with E-state index in [1.165, 1.54) is 13.2 Å². The van der Waals surface area contributed by atoms with Crippen molar-refractivity contribution in [3.05, 3.63) is 39.7 Å². The number of hydrogen-bond donors (Lipinski definition) is 1. The molecule has 0 radical (unpaired) electrons. The molecule has 0 saturated heterocycles. The molecule has 21 heavy (non-hydrogen) atoms. The van der Waals surface area contributed by atoms with Gasteiger partial charge in [0.05, 0.1) is 19.9 Å². The number of aromatic hydroxyl groups is 1. The number of methoxy groups -OCH3 is 2. The van der Waals surface area contributed by atoms with Crippen LogP contribution in [0.25, 0.3) is 11.3 Å². The molecule has 0 spiro atoms. The topological polar surface area (TPSA) is 60.7 Å². The van der Waals surface area contributed by atoms with E-state index in [0.717, 1.165) is 22.4 Å². The van der Waals surface area contributed by atoms with Gasteiger partial charge in [-0.15, -0.1) is 0 Å². The van der Waals surface area contributed by atoms with Crippen LogP contribution in [0.15, 0.2) is 23.0 Å². The Labute approximate surface area is 122 Å². The highest BCUT2D eigenvalue weighted by Crippen LogP contribution is 2.40. The van der Waals surface area contributed by atoms with E-state index in [0.29, 0.717) is 24.5 Å². The highest BCUT2D eigenvalue weighted by molar-refractivity contribution is 5.74. The smallest absolute Gasteiger partial charge is 0.254 e. The largest absolute Gasteiger partial charge is 0.504 e. The van der Waals surface area contributed by atoms with Gasteiger partial charge < -0.3 is 19.1 Å². The van der Waals surface area contributed by atoms with Crippen molar-refractivity contribution in [3.63, 3.8) is 0 Å². The summed E-state index contributed by atoms with van der Waals surface area (Å²) in [6, 6.07) is 5.00. The lowest BCUT2D eigenvalue weighted by Gasteiger charge is -2.25. The highest BCUT2D eigenvalue weighted by Gasteiger charge is 2.23. The summed E-state index contributed by atoms with van der Waals surface area (Å²) in [6.45, 7) is 2.52. The summed E-state index contributed by atoms with van der Waals surface area (Å²) in [5.74, 6) is 1.09. The molecule has 0 saturated carbocycles. The van der Waals surface area contributed by atoms with Gasteiger partial charge in [-0.25, -0.2) is 0 Å². The van der Waals surface area contributed by atoms with Crippen LogP contribution in [0.1, 0.15) is 11.1 Å². The van der Waals surface area contributed by atoms with E-state index in [-0.39, 0.29) is 11.3 Å². The number of benzene rings is 1. The maximum absolute atomic E-state index is 12.2. The van der Waals surface area contributed by atoms with E-state index < -0.39 is 0 Å². The Hall–Kier alpha value is -2.43. The predicted molar refractivity (Wildman–Crippen MR) is 79.3 cm³/mol. The lowest BCUT2D eigenvalue weighted by molar-refractivity contribution is 0.373. The molecular weight excluding hydrogens is 270 g/mol. The summed E-state index contributed by atoms with van der Waals surface area (Å²) in [6.07, 6.45) is 0.700. The molecule has 3 rings (SSSR count). The van der Waals surface area contributed by atoms with Crippen molar-refractivity contribution in [3.8, 4) is 28.5 Å². The molecule has 5 nitrogen and oxygen atoms in total. The second-order valence-corrected chi connectivity index (χ2v) is 5.11. The van der Waals surface area contributed by atoms with Crippen LogP contribution in [-0.4, -0.2) is 23.9 Å². The van der Waals surface area contributed by atoms with Crippen molar-refractivity contribution in [1.82, 2.24) is 4.57 Å². The summed E-state index contributed by atoms with van der Waals surface area (Å²) in [4.78, 5) is 12.2. The van der Waals surface area contributed by atoms with Gasteiger partial charge in [-0.3, -0.25) is 4.79 Å². The predicted octanol–water partition coefficient (Wildman–Crippen LogP) is 2.10. The Balaban J connectivity index is 2.36. The molecule has 5 heteroatoms. The number of hydrogen-bond acceptors (Lipinski definition) is 4. The third-order valence-electron chi connectivity index (χ3n) is 4.00. The standard InChI is InChI=1S/C16H17NO4/c1-9-13(20-2)8-15(19)17-5-4-10-6-12(18)14(21-3)7-11(10)16(9)17/h6-8,18H,4-5H2,1-3H3. The van der Waals surface area contributed by atoms with E-state index in [1.807, 2.05) is 6.92 Å². The van der Waals surface area contributed by atoms with Crippen LogP contribution in [0.5, 0.6) is 17.2 Å². The highest BCUT2D eigenvalue weighted by atomic mass is 16.5. The van der Waals surface area contributed by atoms with Crippen LogP contribution in [0.4, 0.5) is 0 Å². The zero-order valence-electron chi connectivity index (χ0n) is 12.3. The quantitative estimate of drug-likeness (QED) is 0.919. The molecule has 2 aromatic rings. The van der Waals surface area contributed by atoms with Gasteiger partial charge in [0.1, 0.15) is 5.75 Å². The summed E-state index contributed by atoms with van der Waals surface area (Å²) >= 11 is 0. The second-order valence-electron chi connectivity index (χ2n) is 5.11. The summed E-state index contributed by atoms with van der Waals surface area (Å²) < 4.78 is 12.2. The number of phenolic OH excluding ortho intramolecular Hbond substituents is 1. The van der Waals surface area contributed by atoms with Crippen molar-refractivity contribution in [2.45, 2.75) is 19.9 Å². The summed E-state index contributed by atoms with van der Waals surface area (Å²) in [5.41, 5.74) is 3.57. The molecule has 0 atom stereocenters.